The monoisotopic (exact) mass is 373 g/mol. The van der Waals surface area contributed by atoms with Crippen LogP contribution in [-0.2, 0) is 9.59 Å². The van der Waals surface area contributed by atoms with Crippen molar-refractivity contribution in [2.75, 3.05) is 36.9 Å². The van der Waals surface area contributed by atoms with Gasteiger partial charge in [-0.1, -0.05) is 29.5 Å². The highest BCUT2D eigenvalue weighted by Crippen LogP contribution is 2.24. The minimum atomic E-state index is -0.209. The summed E-state index contributed by atoms with van der Waals surface area (Å²) in [5, 5.41) is 10.5. The smallest absolute Gasteiger partial charge is 0.226 e. The Morgan fingerprint density at radius 3 is 2.85 bits per heavy atom. The molecule has 1 aromatic heterocycles. The number of aromatic nitrogens is 2. The van der Waals surface area contributed by atoms with Crippen LogP contribution in [0.2, 0.25) is 0 Å². The molecule has 1 aromatic carbocycles. The fourth-order valence-corrected chi connectivity index (χ4v) is 3.63. The van der Waals surface area contributed by atoms with Crippen LogP contribution < -0.4 is 10.2 Å². The Kier molecular flexibility index (Phi) is 6.17. The Balaban J connectivity index is 1.39. The number of hydrogen-bond acceptors (Lipinski definition) is 6. The molecule has 1 unspecified atom stereocenters. The van der Waals surface area contributed by atoms with Gasteiger partial charge in [-0.25, -0.2) is 0 Å². The van der Waals surface area contributed by atoms with E-state index in [4.69, 9.17) is 0 Å². The summed E-state index contributed by atoms with van der Waals surface area (Å²) >= 11 is 1.26. The Morgan fingerprint density at radius 1 is 1.31 bits per heavy atom. The minimum Gasteiger partial charge on any atom is -0.371 e. The van der Waals surface area contributed by atoms with Crippen molar-refractivity contribution in [3.8, 4) is 0 Å². The second-order valence-corrected chi connectivity index (χ2v) is 7.34. The van der Waals surface area contributed by atoms with E-state index in [1.54, 1.807) is 10.4 Å². The highest BCUT2D eigenvalue weighted by molar-refractivity contribution is 7.13. The first-order valence-corrected chi connectivity index (χ1v) is 9.60. The number of hydrogen-bond donors (Lipinski definition) is 1. The fourth-order valence-electron chi connectivity index (χ4n) is 3.16. The SMILES string of the molecule is CN(CC1CCN(c2ccccc2)C1)C(=O)CCC(=O)Nc1nncs1. The van der Waals surface area contributed by atoms with Gasteiger partial charge >= 0.3 is 0 Å². The molecule has 2 heterocycles. The number of para-hydroxylation sites is 1. The van der Waals surface area contributed by atoms with E-state index >= 15 is 0 Å². The molecule has 0 bridgehead atoms. The number of carbonyl (C=O) groups is 2. The van der Waals surface area contributed by atoms with Crippen LogP contribution in [0.5, 0.6) is 0 Å². The molecule has 3 rings (SSSR count). The van der Waals surface area contributed by atoms with E-state index in [0.29, 0.717) is 11.0 Å². The second-order valence-electron chi connectivity index (χ2n) is 6.50. The Bertz CT molecular complexity index is 722. The van der Waals surface area contributed by atoms with Crippen LogP contribution in [0.25, 0.3) is 0 Å². The fraction of sp³-hybridized carbons (Fsp3) is 0.444. The maximum atomic E-state index is 12.3. The largest absolute Gasteiger partial charge is 0.371 e. The number of benzene rings is 1. The van der Waals surface area contributed by atoms with Crippen molar-refractivity contribution in [3.05, 3.63) is 35.8 Å². The van der Waals surface area contributed by atoms with Crippen LogP contribution in [0.3, 0.4) is 0 Å². The molecule has 2 amide bonds. The molecule has 0 saturated carbocycles. The Hall–Kier alpha value is -2.48. The summed E-state index contributed by atoms with van der Waals surface area (Å²) < 4.78 is 0. The third-order valence-electron chi connectivity index (χ3n) is 4.54. The third-order valence-corrected chi connectivity index (χ3v) is 5.14. The molecule has 1 aliphatic rings. The van der Waals surface area contributed by atoms with Gasteiger partial charge in [-0.2, -0.15) is 0 Å². The van der Waals surface area contributed by atoms with Gasteiger partial charge in [-0.05, 0) is 24.5 Å². The molecule has 0 spiro atoms. The topological polar surface area (TPSA) is 78.4 Å². The van der Waals surface area contributed by atoms with E-state index in [1.807, 2.05) is 25.2 Å². The van der Waals surface area contributed by atoms with Gasteiger partial charge < -0.3 is 15.1 Å². The van der Waals surface area contributed by atoms with Crippen molar-refractivity contribution in [2.24, 2.45) is 5.92 Å². The Labute approximate surface area is 157 Å². The zero-order valence-electron chi connectivity index (χ0n) is 14.8. The lowest BCUT2D eigenvalue weighted by atomic mass is 10.1. The molecule has 1 N–H and O–H groups in total. The molecule has 0 aliphatic carbocycles. The molecular weight excluding hydrogens is 350 g/mol. The van der Waals surface area contributed by atoms with Gasteiger partial charge in [0, 0.05) is 45.2 Å². The van der Waals surface area contributed by atoms with Crippen LogP contribution in [0.4, 0.5) is 10.8 Å². The van der Waals surface area contributed by atoms with E-state index < -0.39 is 0 Å². The minimum absolute atomic E-state index is 0.00410. The molecule has 1 atom stereocenters. The van der Waals surface area contributed by atoms with Crippen LogP contribution in [0.1, 0.15) is 19.3 Å². The lowest BCUT2D eigenvalue weighted by Crippen LogP contribution is -2.33. The molecule has 2 aromatic rings. The molecule has 138 valence electrons. The number of nitrogens with zero attached hydrogens (tertiary/aromatic N) is 4. The van der Waals surface area contributed by atoms with E-state index in [0.717, 1.165) is 26.1 Å². The zero-order valence-corrected chi connectivity index (χ0v) is 15.6. The summed E-state index contributed by atoms with van der Waals surface area (Å²) in [7, 11) is 1.82. The molecule has 1 aliphatic heterocycles. The predicted octanol–water partition coefficient (Wildman–Crippen LogP) is 2.24. The van der Waals surface area contributed by atoms with Gasteiger partial charge in [0.2, 0.25) is 16.9 Å². The summed E-state index contributed by atoms with van der Waals surface area (Å²) in [5.41, 5.74) is 2.78. The van der Waals surface area contributed by atoms with Gasteiger partial charge in [0.15, 0.2) is 0 Å². The number of nitrogens with one attached hydrogen (secondary N) is 1. The van der Waals surface area contributed by atoms with Crippen LogP contribution in [-0.4, -0.2) is 53.6 Å². The van der Waals surface area contributed by atoms with Crippen molar-refractivity contribution in [3.63, 3.8) is 0 Å². The van der Waals surface area contributed by atoms with E-state index in [-0.39, 0.29) is 24.7 Å². The van der Waals surface area contributed by atoms with Crippen molar-refractivity contribution in [1.82, 2.24) is 15.1 Å². The molecule has 8 heteroatoms. The molecule has 1 fully saturated rings. The van der Waals surface area contributed by atoms with Gasteiger partial charge in [0.05, 0.1) is 0 Å². The van der Waals surface area contributed by atoms with Crippen LogP contribution in [0, 0.1) is 5.92 Å². The average Bonchev–Trinajstić information content (AvgIpc) is 3.32. The van der Waals surface area contributed by atoms with Gasteiger partial charge in [0.25, 0.3) is 0 Å². The van der Waals surface area contributed by atoms with Crippen molar-refractivity contribution < 1.29 is 9.59 Å². The number of amides is 2. The summed E-state index contributed by atoms with van der Waals surface area (Å²) in [6.07, 6.45) is 1.43. The molecule has 0 radical (unpaired) electrons. The van der Waals surface area contributed by atoms with Crippen LogP contribution >= 0.6 is 11.3 Å². The van der Waals surface area contributed by atoms with Crippen molar-refractivity contribution in [2.45, 2.75) is 19.3 Å². The quantitative estimate of drug-likeness (QED) is 0.805. The summed E-state index contributed by atoms with van der Waals surface area (Å²) in [5.74, 6) is 0.245. The van der Waals surface area contributed by atoms with Crippen molar-refractivity contribution in [1.29, 1.82) is 0 Å². The molecular formula is C18H23N5O2S. The first-order valence-electron chi connectivity index (χ1n) is 8.72. The lowest BCUT2D eigenvalue weighted by Gasteiger charge is -2.22. The predicted molar refractivity (Wildman–Crippen MR) is 102 cm³/mol. The first kappa shape index (κ1) is 18.3. The third kappa shape index (κ3) is 5.01. The maximum absolute atomic E-state index is 12.3. The number of carbonyl (C=O) groups excluding carboxylic acids is 2. The normalized spacial score (nSPS) is 16.5. The van der Waals surface area contributed by atoms with E-state index in [2.05, 4.69) is 32.5 Å². The Morgan fingerprint density at radius 2 is 2.12 bits per heavy atom. The lowest BCUT2D eigenvalue weighted by molar-refractivity contribution is -0.132. The molecule has 26 heavy (non-hydrogen) atoms. The standard InChI is InChI=1S/C18H23N5O2S/c1-22(17(25)8-7-16(24)20-18-21-19-13-26-18)11-14-9-10-23(12-14)15-5-3-2-4-6-15/h2-6,13-14H,7-12H2,1H3,(H,20,21,24). The maximum Gasteiger partial charge on any atom is 0.226 e. The van der Waals surface area contributed by atoms with E-state index in [1.165, 1.54) is 17.0 Å². The summed E-state index contributed by atoms with van der Waals surface area (Å²) in [4.78, 5) is 28.2. The zero-order chi connectivity index (χ0) is 18.4. The van der Waals surface area contributed by atoms with Gasteiger partial charge in [0.1, 0.15) is 5.51 Å². The number of anilines is 2. The first-order chi connectivity index (χ1) is 12.6. The highest BCUT2D eigenvalue weighted by Gasteiger charge is 2.25. The van der Waals surface area contributed by atoms with Gasteiger partial charge in [-0.3, -0.25) is 9.59 Å². The molecule has 7 nitrogen and oxygen atoms in total. The van der Waals surface area contributed by atoms with Gasteiger partial charge in [-0.15, -0.1) is 10.2 Å². The molecule has 1 saturated heterocycles. The average molecular weight is 373 g/mol. The summed E-state index contributed by atoms with van der Waals surface area (Å²) in [6, 6.07) is 10.3. The summed E-state index contributed by atoms with van der Waals surface area (Å²) in [6.45, 7) is 2.69. The second kappa shape index (κ2) is 8.75. The van der Waals surface area contributed by atoms with Crippen LogP contribution in [0.15, 0.2) is 35.8 Å². The van der Waals surface area contributed by atoms with E-state index in [9.17, 15) is 9.59 Å². The highest BCUT2D eigenvalue weighted by atomic mass is 32.1. The number of rotatable bonds is 7. The van der Waals surface area contributed by atoms with Crippen molar-refractivity contribution >= 4 is 34.0 Å².